The lowest BCUT2D eigenvalue weighted by Gasteiger charge is -2.10. The Morgan fingerprint density at radius 1 is 1.04 bits per heavy atom. The molecule has 1 heterocycles. The van der Waals surface area contributed by atoms with Crippen molar-refractivity contribution >= 4 is 32.7 Å². The quantitative estimate of drug-likeness (QED) is 0.514. The first-order valence-electron chi connectivity index (χ1n) is 8.33. The zero-order valence-corrected chi connectivity index (χ0v) is 15.7. The van der Waals surface area contributed by atoms with Gasteiger partial charge in [-0.05, 0) is 43.7 Å². The number of nitrogens with one attached hydrogen (secondary N) is 4. The lowest BCUT2D eigenvalue weighted by molar-refractivity contribution is -0.116. The molecule has 0 atom stereocenters. The average Bonchev–Trinajstić information content (AvgIpc) is 2.93. The third-order valence-electron chi connectivity index (χ3n) is 4.06. The van der Waals surface area contributed by atoms with E-state index in [-0.39, 0.29) is 29.5 Å². The van der Waals surface area contributed by atoms with Crippen LogP contribution in [0.25, 0.3) is 11.0 Å². The zero-order chi connectivity index (χ0) is 19.6. The third kappa shape index (κ3) is 4.44. The van der Waals surface area contributed by atoms with E-state index in [0.29, 0.717) is 22.3 Å². The molecule has 0 radical (unpaired) electrons. The number of carbonyl (C=O) groups excluding carboxylic acids is 1. The second-order valence-corrected chi connectivity index (χ2v) is 8.04. The molecule has 0 saturated carbocycles. The number of aryl methyl sites for hydroxylation is 2. The van der Waals surface area contributed by atoms with E-state index in [4.69, 9.17) is 0 Å². The monoisotopic (exact) mass is 388 g/mol. The molecule has 2 aromatic carbocycles. The maximum absolute atomic E-state index is 12.4. The van der Waals surface area contributed by atoms with Gasteiger partial charge >= 0.3 is 5.69 Å². The predicted octanol–water partition coefficient (Wildman–Crippen LogP) is 1.78. The number of amides is 1. The fourth-order valence-electron chi connectivity index (χ4n) is 2.81. The fraction of sp³-hybridized carbons (Fsp3) is 0.222. The predicted molar refractivity (Wildman–Crippen MR) is 103 cm³/mol. The van der Waals surface area contributed by atoms with Gasteiger partial charge in [0.05, 0.1) is 15.9 Å². The Balaban J connectivity index is 1.59. The Morgan fingerprint density at radius 3 is 2.52 bits per heavy atom. The van der Waals surface area contributed by atoms with Gasteiger partial charge in [-0.3, -0.25) is 4.79 Å². The van der Waals surface area contributed by atoms with Gasteiger partial charge in [0, 0.05) is 18.7 Å². The van der Waals surface area contributed by atoms with Crippen molar-refractivity contribution in [3.05, 3.63) is 58.0 Å². The number of rotatable bonds is 6. The van der Waals surface area contributed by atoms with E-state index >= 15 is 0 Å². The summed E-state index contributed by atoms with van der Waals surface area (Å²) in [6.07, 6.45) is -0.0220. The highest BCUT2D eigenvalue weighted by molar-refractivity contribution is 7.89. The number of hydrogen-bond donors (Lipinski definition) is 4. The van der Waals surface area contributed by atoms with Gasteiger partial charge in [0.25, 0.3) is 0 Å². The van der Waals surface area contributed by atoms with E-state index in [0.717, 1.165) is 5.56 Å². The first-order chi connectivity index (χ1) is 12.7. The van der Waals surface area contributed by atoms with Crippen LogP contribution in [0.5, 0.6) is 0 Å². The highest BCUT2D eigenvalue weighted by atomic mass is 32.2. The second-order valence-electron chi connectivity index (χ2n) is 6.30. The average molecular weight is 388 g/mol. The highest BCUT2D eigenvalue weighted by Crippen LogP contribution is 2.17. The van der Waals surface area contributed by atoms with Crippen molar-refractivity contribution in [1.82, 2.24) is 14.7 Å². The first kappa shape index (κ1) is 18.9. The van der Waals surface area contributed by atoms with Crippen LogP contribution in [-0.4, -0.2) is 30.8 Å². The number of H-pyrrole nitrogens is 2. The van der Waals surface area contributed by atoms with Crippen LogP contribution in [0.3, 0.4) is 0 Å². The number of benzene rings is 2. The van der Waals surface area contributed by atoms with Crippen LogP contribution in [0.2, 0.25) is 0 Å². The number of sulfonamides is 1. The number of hydrogen-bond acceptors (Lipinski definition) is 4. The van der Waals surface area contributed by atoms with Gasteiger partial charge < -0.3 is 15.3 Å². The van der Waals surface area contributed by atoms with Crippen molar-refractivity contribution in [3.8, 4) is 0 Å². The molecule has 142 valence electrons. The van der Waals surface area contributed by atoms with E-state index < -0.39 is 10.0 Å². The summed E-state index contributed by atoms with van der Waals surface area (Å²) >= 11 is 0. The second kappa shape index (κ2) is 7.37. The number of imidazole rings is 1. The van der Waals surface area contributed by atoms with Gasteiger partial charge in [-0.1, -0.05) is 17.7 Å². The molecule has 1 aromatic heterocycles. The Kier molecular flexibility index (Phi) is 5.15. The lowest BCUT2D eigenvalue weighted by atomic mass is 10.2. The SMILES string of the molecule is Cc1ccc(S(=O)(=O)NCCC(=O)Nc2ccc3[nH]c(=O)[nH]c3c2)c(C)c1. The molecule has 0 aliphatic carbocycles. The molecule has 0 saturated heterocycles. The van der Waals surface area contributed by atoms with E-state index in [9.17, 15) is 18.0 Å². The van der Waals surface area contributed by atoms with Crippen LogP contribution >= 0.6 is 0 Å². The van der Waals surface area contributed by atoms with Crippen LogP contribution in [0, 0.1) is 13.8 Å². The van der Waals surface area contributed by atoms with Gasteiger partial charge in [0.2, 0.25) is 15.9 Å². The molecule has 0 bridgehead atoms. The molecule has 1 amide bonds. The topological polar surface area (TPSA) is 124 Å². The van der Waals surface area contributed by atoms with Crippen molar-refractivity contribution < 1.29 is 13.2 Å². The van der Waals surface area contributed by atoms with Crippen molar-refractivity contribution in [3.63, 3.8) is 0 Å². The molecular weight excluding hydrogens is 368 g/mol. The van der Waals surface area contributed by atoms with Crippen LogP contribution in [0.1, 0.15) is 17.5 Å². The maximum atomic E-state index is 12.4. The number of aromatic amines is 2. The number of aromatic nitrogens is 2. The summed E-state index contributed by atoms with van der Waals surface area (Å²) in [5.41, 5.74) is 3.04. The molecule has 4 N–H and O–H groups in total. The van der Waals surface area contributed by atoms with Crippen molar-refractivity contribution in [1.29, 1.82) is 0 Å². The summed E-state index contributed by atoms with van der Waals surface area (Å²) < 4.78 is 27.2. The zero-order valence-electron chi connectivity index (χ0n) is 14.9. The third-order valence-corrected chi connectivity index (χ3v) is 5.69. The Bertz CT molecular complexity index is 1160. The minimum atomic E-state index is -3.68. The Hall–Kier alpha value is -2.91. The van der Waals surface area contributed by atoms with Gasteiger partial charge in [-0.2, -0.15) is 0 Å². The highest BCUT2D eigenvalue weighted by Gasteiger charge is 2.16. The van der Waals surface area contributed by atoms with Crippen LogP contribution in [-0.2, 0) is 14.8 Å². The molecular formula is C18H20N4O4S. The van der Waals surface area contributed by atoms with Gasteiger partial charge in [0.15, 0.2) is 0 Å². The molecule has 8 nitrogen and oxygen atoms in total. The molecule has 3 rings (SSSR count). The van der Waals surface area contributed by atoms with Crippen LogP contribution in [0.15, 0.2) is 46.1 Å². The van der Waals surface area contributed by atoms with E-state index in [1.165, 1.54) is 0 Å². The minimum absolute atomic E-state index is 0.0220. The van der Waals surface area contributed by atoms with E-state index in [2.05, 4.69) is 20.0 Å². The molecule has 3 aromatic rings. The summed E-state index contributed by atoms with van der Waals surface area (Å²) in [7, 11) is -3.68. The van der Waals surface area contributed by atoms with Crippen molar-refractivity contribution in [2.75, 3.05) is 11.9 Å². The van der Waals surface area contributed by atoms with Gasteiger partial charge in [-0.25, -0.2) is 17.9 Å². The number of anilines is 1. The first-order valence-corrected chi connectivity index (χ1v) is 9.82. The normalized spacial score (nSPS) is 11.6. The van der Waals surface area contributed by atoms with E-state index in [1.807, 2.05) is 6.92 Å². The standard InChI is InChI=1S/C18H20N4O4S/c1-11-3-6-16(12(2)9-11)27(25,26)19-8-7-17(23)20-13-4-5-14-15(10-13)22-18(24)21-14/h3-6,9-10,19H,7-8H2,1-2H3,(H,20,23)(H2,21,22,24). The summed E-state index contributed by atoms with van der Waals surface area (Å²) in [6.45, 7) is 3.60. The molecule has 0 fully saturated rings. The molecule has 0 unspecified atom stereocenters. The smallest absolute Gasteiger partial charge is 0.323 e. The summed E-state index contributed by atoms with van der Waals surface area (Å²) in [5, 5.41) is 2.68. The van der Waals surface area contributed by atoms with Gasteiger partial charge in [-0.15, -0.1) is 0 Å². The molecule has 0 aliphatic heterocycles. The number of fused-ring (bicyclic) bond motifs is 1. The molecule has 0 aliphatic rings. The summed E-state index contributed by atoms with van der Waals surface area (Å²) in [5.74, 6) is -0.337. The summed E-state index contributed by atoms with van der Waals surface area (Å²) in [6, 6.07) is 10.0. The minimum Gasteiger partial charge on any atom is -0.326 e. The maximum Gasteiger partial charge on any atom is 0.323 e. The largest absolute Gasteiger partial charge is 0.326 e. The Labute approximate surface area is 156 Å². The molecule has 0 spiro atoms. The number of carbonyl (C=O) groups is 1. The van der Waals surface area contributed by atoms with Gasteiger partial charge in [0.1, 0.15) is 0 Å². The molecule has 27 heavy (non-hydrogen) atoms. The van der Waals surface area contributed by atoms with Crippen LogP contribution < -0.4 is 15.7 Å². The van der Waals surface area contributed by atoms with Crippen molar-refractivity contribution in [2.45, 2.75) is 25.2 Å². The van der Waals surface area contributed by atoms with Crippen LogP contribution in [0.4, 0.5) is 5.69 Å². The van der Waals surface area contributed by atoms with E-state index in [1.54, 1.807) is 43.3 Å². The van der Waals surface area contributed by atoms with Crippen molar-refractivity contribution in [2.24, 2.45) is 0 Å². The molecule has 9 heteroatoms. The Morgan fingerprint density at radius 2 is 1.78 bits per heavy atom. The summed E-state index contributed by atoms with van der Waals surface area (Å²) in [4.78, 5) is 28.7. The lowest BCUT2D eigenvalue weighted by Crippen LogP contribution is -2.28. The fourth-order valence-corrected chi connectivity index (χ4v) is 4.07.